The van der Waals surface area contributed by atoms with E-state index < -0.39 is 18.1 Å². The number of benzene rings is 2. The molecule has 6 heteroatoms. The molecule has 2 unspecified atom stereocenters. The minimum atomic E-state index is -1.74. The first kappa shape index (κ1) is 18.2. The first-order valence-corrected chi connectivity index (χ1v) is 9.19. The van der Waals surface area contributed by atoms with Gasteiger partial charge in [-0.1, -0.05) is 48.5 Å². The summed E-state index contributed by atoms with van der Waals surface area (Å²) in [6.07, 6.45) is -1.74. The fourth-order valence-corrected chi connectivity index (χ4v) is 4.02. The van der Waals surface area contributed by atoms with Gasteiger partial charge < -0.3 is 14.4 Å². The molecule has 0 fully saturated rings. The number of fused-ring (bicyclic) bond motifs is 3. The lowest BCUT2D eigenvalue weighted by Crippen LogP contribution is -2.50. The number of likely N-dealkylation sites (N-methyl/N-ethyl adjacent to an activating group) is 1. The lowest BCUT2D eigenvalue weighted by atomic mass is 9.88. The highest BCUT2D eigenvalue weighted by Gasteiger charge is 2.47. The summed E-state index contributed by atoms with van der Waals surface area (Å²) in [4.78, 5) is 28.8. The van der Waals surface area contributed by atoms with Crippen molar-refractivity contribution >= 4 is 22.7 Å². The third-order valence-corrected chi connectivity index (χ3v) is 5.40. The number of rotatable bonds is 3. The Hall–Kier alpha value is -3.15. The zero-order chi connectivity index (χ0) is 20.0. The number of aryl methyl sites for hydroxylation is 1. The maximum atomic E-state index is 15.7. The summed E-state index contributed by atoms with van der Waals surface area (Å²) in [6.45, 7) is 0.110. The fourth-order valence-electron chi connectivity index (χ4n) is 4.02. The van der Waals surface area contributed by atoms with Gasteiger partial charge in [-0.15, -0.1) is 0 Å². The van der Waals surface area contributed by atoms with Crippen molar-refractivity contribution in [2.45, 2.75) is 18.8 Å². The van der Waals surface area contributed by atoms with E-state index in [1.54, 1.807) is 25.7 Å². The summed E-state index contributed by atoms with van der Waals surface area (Å²) in [5.74, 6) is -1.80. The van der Waals surface area contributed by atoms with Crippen LogP contribution in [0.4, 0.5) is 4.39 Å². The van der Waals surface area contributed by atoms with Gasteiger partial charge in [0.1, 0.15) is 11.6 Å². The van der Waals surface area contributed by atoms with E-state index in [0.29, 0.717) is 11.3 Å². The standard InChI is InChI=1S/C22H22FN3O2/c1-24(2)21(27)18-17-15-11-7-8-12-16(15)25(3)19(17)22(28)26(20(18)23)13-14-9-5-4-6-10-14/h4-12,18,20H,13H2,1-3H3. The molecule has 28 heavy (non-hydrogen) atoms. The van der Waals surface area contributed by atoms with Gasteiger partial charge in [-0.3, -0.25) is 9.59 Å². The second kappa shape index (κ2) is 6.78. The van der Waals surface area contributed by atoms with Crippen LogP contribution in [-0.2, 0) is 18.4 Å². The number of amides is 2. The number of carbonyl (C=O) groups is 2. The molecule has 4 rings (SSSR count). The minimum Gasteiger partial charge on any atom is -0.348 e. The Labute approximate surface area is 163 Å². The Balaban J connectivity index is 1.92. The quantitative estimate of drug-likeness (QED) is 0.656. The first-order chi connectivity index (χ1) is 13.4. The molecule has 0 spiro atoms. The van der Waals surface area contributed by atoms with Crippen LogP contribution in [0.5, 0.6) is 0 Å². The monoisotopic (exact) mass is 379 g/mol. The maximum Gasteiger partial charge on any atom is 0.273 e. The average molecular weight is 379 g/mol. The number of hydrogen-bond acceptors (Lipinski definition) is 2. The molecule has 0 bridgehead atoms. The Kier molecular flexibility index (Phi) is 4.41. The topological polar surface area (TPSA) is 45.6 Å². The molecule has 2 amide bonds. The maximum absolute atomic E-state index is 15.7. The zero-order valence-corrected chi connectivity index (χ0v) is 16.1. The van der Waals surface area contributed by atoms with E-state index in [9.17, 15) is 9.59 Å². The van der Waals surface area contributed by atoms with Gasteiger partial charge in [-0.25, -0.2) is 4.39 Å². The number of nitrogens with zero attached hydrogens (tertiary/aromatic N) is 3. The van der Waals surface area contributed by atoms with Crippen LogP contribution in [0.3, 0.4) is 0 Å². The number of aromatic nitrogens is 1. The number of halogens is 1. The highest BCUT2D eigenvalue weighted by Crippen LogP contribution is 2.41. The largest absolute Gasteiger partial charge is 0.348 e. The van der Waals surface area contributed by atoms with Crippen molar-refractivity contribution in [1.82, 2.24) is 14.4 Å². The van der Waals surface area contributed by atoms with Crippen LogP contribution in [0, 0.1) is 0 Å². The molecule has 2 atom stereocenters. The Morgan fingerprint density at radius 2 is 1.71 bits per heavy atom. The number of para-hydroxylation sites is 1. The van der Waals surface area contributed by atoms with Crippen molar-refractivity contribution in [3.63, 3.8) is 0 Å². The van der Waals surface area contributed by atoms with Crippen LogP contribution in [-0.4, -0.2) is 46.6 Å². The highest BCUT2D eigenvalue weighted by atomic mass is 19.1. The molecule has 1 aliphatic heterocycles. The third-order valence-electron chi connectivity index (χ3n) is 5.40. The van der Waals surface area contributed by atoms with Crippen molar-refractivity contribution < 1.29 is 14.0 Å². The summed E-state index contributed by atoms with van der Waals surface area (Å²) < 4.78 is 17.5. The minimum absolute atomic E-state index is 0.110. The van der Waals surface area contributed by atoms with Crippen LogP contribution < -0.4 is 0 Å². The lowest BCUT2D eigenvalue weighted by molar-refractivity contribution is -0.134. The summed E-state index contributed by atoms with van der Waals surface area (Å²) >= 11 is 0. The first-order valence-electron chi connectivity index (χ1n) is 9.19. The predicted molar refractivity (Wildman–Crippen MR) is 106 cm³/mol. The second-order valence-corrected chi connectivity index (χ2v) is 7.34. The third kappa shape index (κ3) is 2.68. The molecule has 0 saturated heterocycles. The second-order valence-electron chi connectivity index (χ2n) is 7.34. The van der Waals surface area contributed by atoms with E-state index >= 15 is 4.39 Å². The van der Waals surface area contributed by atoms with Crippen LogP contribution in [0.1, 0.15) is 27.5 Å². The van der Waals surface area contributed by atoms with Crippen molar-refractivity contribution in [3.8, 4) is 0 Å². The van der Waals surface area contributed by atoms with E-state index in [2.05, 4.69) is 0 Å². The normalized spacial score (nSPS) is 19.0. The molecule has 2 heterocycles. The highest BCUT2D eigenvalue weighted by molar-refractivity contribution is 6.07. The smallest absolute Gasteiger partial charge is 0.273 e. The van der Waals surface area contributed by atoms with Crippen molar-refractivity contribution in [2.75, 3.05) is 14.1 Å². The lowest BCUT2D eigenvalue weighted by Gasteiger charge is -2.37. The van der Waals surface area contributed by atoms with Crippen LogP contribution in [0.25, 0.3) is 10.9 Å². The summed E-state index contributed by atoms with van der Waals surface area (Å²) in [5, 5.41) is 0.746. The van der Waals surface area contributed by atoms with Crippen molar-refractivity contribution in [2.24, 2.45) is 7.05 Å². The molecular weight excluding hydrogens is 357 g/mol. The summed E-state index contributed by atoms with van der Waals surface area (Å²) in [7, 11) is 5.01. The SMILES string of the molecule is CN(C)C(=O)C1c2c(n(C)c3ccccc23)C(=O)N(Cc2ccccc2)C1F. The van der Waals surface area contributed by atoms with E-state index in [1.807, 2.05) is 54.6 Å². The van der Waals surface area contributed by atoms with Crippen LogP contribution in [0.15, 0.2) is 54.6 Å². The summed E-state index contributed by atoms with van der Waals surface area (Å²) in [6, 6.07) is 16.7. The van der Waals surface area contributed by atoms with E-state index in [4.69, 9.17) is 0 Å². The molecule has 1 aliphatic rings. The van der Waals surface area contributed by atoms with E-state index in [0.717, 1.165) is 16.5 Å². The molecule has 3 aromatic rings. The predicted octanol–water partition coefficient (Wildman–Crippen LogP) is 3.30. The molecular formula is C22H22FN3O2. The zero-order valence-electron chi connectivity index (χ0n) is 16.1. The molecule has 144 valence electrons. The van der Waals surface area contributed by atoms with E-state index in [1.165, 1.54) is 9.80 Å². The molecule has 1 aromatic heterocycles. The molecule has 2 aromatic carbocycles. The number of carbonyl (C=O) groups excluding carboxylic acids is 2. The van der Waals surface area contributed by atoms with Crippen LogP contribution in [0.2, 0.25) is 0 Å². The van der Waals surface area contributed by atoms with E-state index in [-0.39, 0.29) is 12.5 Å². The Morgan fingerprint density at radius 1 is 1.07 bits per heavy atom. The molecule has 0 aliphatic carbocycles. The summed E-state index contributed by atoms with van der Waals surface area (Å²) in [5.41, 5.74) is 2.49. The number of alkyl halides is 1. The molecule has 5 nitrogen and oxygen atoms in total. The van der Waals surface area contributed by atoms with Gasteiger partial charge in [-0.2, -0.15) is 0 Å². The Bertz CT molecular complexity index is 1060. The van der Waals surface area contributed by atoms with Gasteiger partial charge in [0.15, 0.2) is 6.30 Å². The van der Waals surface area contributed by atoms with Crippen LogP contribution >= 0.6 is 0 Å². The van der Waals surface area contributed by atoms with Gasteiger partial charge in [0.25, 0.3) is 5.91 Å². The van der Waals surface area contributed by atoms with Gasteiger partial charge in [0.2, 0.25) is 5.91 Å². The Morgan fingerprint density at radius 3 is 2.39 bits per heavy atom. The van der Waals surface area contributed by atoms with Gasteiger partial charge >= 0.3 is 0 Å². The fraction of sp³-hybridized carbons (Fsp3) is 0.273. The van der Waals surface area contributed by atoms with Gasteiger partial charge in [-0.05, 0) is 11.6 Å². The van der Waals surface area contributed by atoms with Crippen molar-refractivity contribution in [3.05, 3.63) is 71.4 Å². The van der Waals surface area contributed by atoms with Crippen molar-refractivity contribution in [1.29, 1.82) is 0 Å². The van der Waals surface area contributed by atoms with Gasteiger partial charge in [0, 0.05) is 44.2 Å². The molecule has 0 N–H and O–H groups in total. The average Bonchev–Trinajstić information content (AvgIpc) is 2.99. The number of hydrogen-bond donors (Lipinski definition) is 0. The molecule has 0 radical (unpaired) electrons. The molecule has 0 saturated carbocycles. The van der Waals surface area contributed by atoms with Gasteiger partial charge in [0.05, 0.1) is 0 Å².